The summed E-state index contributed by atoms with van der Waals surface area (Å²) >= 11 is 1.20. The lowest BCUT2D eigenvalue weighted by Crippen LogP contribution is -2.24. The molecule has 0 fully saturated rings. The van der Waals surface area contributed by atoms with E-state index in [1.54, 1.807) is 6.07 Å². The van der Waals surface area contributed by atoms with Crippen LogP contribution in [0.3, 0.4) is 0 Å². The van der Waals surface area contributed by atoms with Crippen LogP contribution < -0.4 is 5.32 Å². The minimum Gasteiger partial charge on any atom is -0.300 e. The van der Waals surface area contributed by atoms with Gasteiger partial charge in [0.2, 0.25) is 11.0 Å². The van der Waals surface area contributed by atoms with Gasteiger partial charge in [-0.05, 0) is 6.42 Å². The van der Waals surface area contributed by atoms with Crippen LogP contribution in [0.4, 0.5) is 5.13 Å². The molecule has 0 bridgehead atoms. The molecule has 0 saturated carbocycles. The average Bonchev–Trinajstić information content (AvgIpc) is 2.73. The van der Waals surface area contributed by atoms with Crippen LogP contribution in [0.1, 0.15) is 18.4 Å². The van der Waals surface area contributed by atoms with Crippen molar-refractivity contribution in [1.82, 2.24) is 10.2 Å². The molecule has 0 aliphatic carbocycles. The summed E-state index contributed by atoms with van der Waals surface area (Å²) in [6.45, 7) is 1.90. The number of rotatable bonds is 6. The van der Waals surface area contributed by atoms with E-state index in [1.807, 2.05) is 6.92 Å². The number of amides is 1. The topological polar surface area (TPSA) is 113 Å². The molecule has 0 aliphatic heterocycles. The number of sulfone groups is 1. The molecule has 1 N–H and O–H groups in total. The second kappa shape index (κ2) is 6.42. The van der Waals surface area contributed by atoms with Gasteiger partial charge in [-0.1, -0.05) is 18.3 Å². The average molecular weight is 288 g/mol. The molecule has 0 aliphatic rings. The standard InChI is InChI=1S/C9H12N4O3S2/c1-2-8-12-13-9(17-8)11-7(14)6-18(15,16)5-3-4-10/h2-3,5-6H2,1H3,(H,11,13,14). The molecule has 9 heteroatoms. The minimum atomic E-state index is -3.54. The van der Waals surface area contributed by atoms with Gasteiger partial charge < -0.3 is 0 Å². The lowest BCUT2D eigenvalue weighted by atomic mass is 10.5. The van der Waals surface area contributed by atoms with E-state index in [1.165, 1.54) is 11.3 Å². The number of carbonyl (C=O) groups is 1. The summed E-state index contributed by atoms with van der Waals surface area (Å²) < 4.78 is 22.8. The van der Waals surface area contributed by atoms with Crippen molar-refractivity contribution in [2.45, 2.75) is 19.8 Å². The van der Waals surface area contributed by atoms with Crippen LogP contribution in [-0.4, -0.2) is 36.0 Å². The summed E-state index contributed by atoms with van der Waals surface area (Å²) in [4.78, 5) is 11.5. The molecule has 0 aromatic carbocycles. The number of anilines is 1. The lowest BCUT2D eigenvalue weighted by Gasteiger charge is -2.01. The number of hydrogen-bond donors (Lipinski definition) is 1. The van der Waals surface area contributed by atoms with E-state index < -0.39 is 21.5 Å². The first-order valence-electron chi connectivity index (χ1n) is 5.16. The fraction of sp³-hybridized carbons (Fsp3) is 0.556. The molecule has 18 heavy (non-hydrogen) atoms. The Kier molecular flexibility index (Phi) is 5.18. The highest BCUT2D eigenvalue weighted by Gasteiger charge is 2.17. The van der Waals surface area contributed by atoms with E-state index in [0.717, 1.165) is 5.01 Å². The van der Waals surface area contributed by atoms with E-state index in [2.05, 4.69) is 15.5 Å². The van der Waals surface area contributed by atoms with E-state index in [4.69, 9.17) is 5.26 Å². The number of aromatic nitrogens is 2. The van der Waals surface area contributed by atoms with Gasteiger partial charge in [0.15, 0.2) is 9.84 Å². The van der Waals surface area contributed by atoms with Crippen LogP contribution in [-0.2, 0) is 21.1 Å². The predicted octanol–water partition coefficient (Wildman–Crippen LogP) is 0.367. The number of nitrogens with one attached hydrogen (secondary N) is 1. The normalized spacial score (nSPS) is 10.9. The molecular formula is C9H12N4O3S2. The van der Waals surface area contributed by atoms with Crippen molar-refractivity contribution in [1.29, 1.82) is 5.26 Å². The van der Waals surface area contributed by atoms with Crippen LogP contribution in [0.5, 0.6) is 0 Å². The van der Waals surface area contributed by atoms with Gasteiger partial charge in [0.05, 0.1) is 11.8 Å². The Hall–Kier alpha value is -1.53. The third-order valence-corrected chi connectivity index (χ3v) is 4.40. The Balaban J connectivity index is 2.54. The predicted molar refractivity (Wildman–Crippen MR) is 66.8 cm³/mol. The maximum absolute atomic E-state index is 11.5. The van der Waals surface area contributed by atoms with E-state index >= 15 is 0 Å². The van der Waals surface area contributed by atoms with Crippen molar-refractivity contribution in [2.75, 3.05) is 16.8 Å². The number of aryl methyl sites for hydroxylation is 1. The smallest absolute Gasteiger partial charge is 0.241 e. The molecule has 1 aromatic rings. The fourth-order valence-electron chi connectivity index (χ4n) is 1.08. The highest BCUT2D eigenvalue weighted by molar-refractivity contribution is 7.92. The van der Waals surface area contributed by atoms with Crippen molar-refractivity contribution >= 4 is 32.2 Å². The Morgan fingerprint density at radius 1 is 1.50 bits per heavy atom. The summed E-state index contributed by atoms with van der Waals surface area (Å²) in [5, 5.41) is 19.2. The number of carbonyl (C=O) groups excluding carboxylic acids is 1. The zero-order valence-corrected chi connectivity index (χ0v) is 11.3. The SMILES string of the molecule is CCc1nnc(NC(=O)CS(=O)(=O)CCC#N)s1. The molecule has 1 rings (SSSR count). The van der Waals surface area contributed by atoms with Crippen molar-refractivity contribution in [3.63, 3.8) is 0 Å². The summed E-state index contributed by atoms with van der Waals surface area (Å²) in [6.07, 6.45) is 0.586. The molecule has 0 atom stereocenters. The minimum absolute atomic E-state index is 0.117. The van der Waals surface area contributed by atoms with E-state index in [-0.39, 0.29) is 17.3 Å². The van der Waals surface area contributed by atoms with Gasteiger partial charge >= 0.3 is 0 Å². The maximum atomic E-state index is 11.5. The molecule has 1 aromatic heterocycles. The lowest BCUT2D eigenvalue weighted by molar-refractivity contribution is -0.113. The van der Waals surface area contributed by atoms with Crippen LogP contribution in [0, 0.1) is 11.3 Å². The molecule has 1 heterocycles. The fourth-order valence-corrected chi connectivity index (χ4v) is 2.79. The van der Waals surface area contributed by atoms with Gasteiger partial charge in [0.25, 0.3) is 0 Å². The Labute approximate surface area is 109 Å². The summed E-state index contributed by atoms with van der Waals surface area (Å²) in [7, 11) is -3.54. The van der Waals surface area contributed by atoms with Crippen LogP contribution in [0.2, 0.25) is 0 Å². The molecule has 7 nitrogen and oxygen atoms in total. The first-order chi connectivity index (χ1) is 8.46. The van der Waals surface area contributed by atoms with Gasteiger partial charge in [-0.3, -0.25) is 10.1 Å². The number of hydrogen-bond acceptors (Lipinski definition) is 7. The summed E-state index contributed by atoms with van der Waals surface area (Å²) in [5.74, 6) is -1.62. The Bertz CT molecular complexity index is 559. The molecule has 0 spiro atoms. The maximum Gasteiger partial charge on any atom is 0.241 e. The quantitative estimate of drug-likeness (QED) is 0.809. The second-order valence-corrected chi connectivity index (χ2v) is 6.65. The van der Waals surface area contributed by atoms with Crippen molar-refractivity contribution < 1.29 is 13.2 Å². The largest absolute Gasteiger partial charge is 0.300 e. The highest BCUT2D eigenvalue weighted by Crippen LogP contribution is 2.15. The molecule has 0 radical (unpaired) electrons. The Morgan fingerprint density at radius 3 is 2.78 bits per heavy atom. The van der Waals surface area contributed by atoms with Crippen LogP contribution in [0.25, 0.3) is 0 Å². The zero-order chi connectivity index (χ0) is 13.6. The van der Waals surface area contributed by atoms with Crippen LogP contribution in [0.15, 0.2) is 0 Å². The van der Waals surface area contributed by atoms with Gasteiger partial charge in [0.1, 0.15) is 10.8 Å². The van der Waals surface area contributed by atoms with Gasteiger partial charge in [0, 0.05) is 6.42 Å². The number of nitriles is 1. The first-order valence-corrected chi connectivity index (χ1v) is 7.80. The molecule has 98 valence electrons. The molecular weight excluding hydrogens is 276 g/mol. The molecule has 0 saturated heterocycles. The van der Waals surface area contributed by atoms with Crippen LogP contribution >= 0.6 is 11.3 Å². The van der Waals surface area contributed by atoms with E-state index in [9.17, 15) is 13.2 Å². The highest BCUT2D eigenvalue weighted by atomic mass is 32.2. The Morgan fingerprint density at radius 2 is 2.22 bits per heavy atom. The van der Waals surface area contributed by atoms with Crippen molar-refractivity contribution in [3.05, 3.63) is 5.01 Å². The number of nitrogens with zero attached hydrogens (tertiary/aromatic N) is 3. The van der Waals surface area contributed by atoms with E-state index in [0.29, 0.717) is 6.42 Å². The monoisotopic (exact) mass is 288 g/mol. The zero-order valence-electron chi connectivity index (χ0n) is 9.71. The van der Waals surface area contributed by atoms with Crippen molar-refractivity contribution in [3.8, 4) is 6.07 Å². The third-order valence-electron chi connectivity index (χ3n) is 1.89. The van der Waals surface area contributed by atoms with Gasteiger partial charge in [-0.15, -0.1) is 10.2 Å². The summed E-state index contributed by atoms with van der Waals surface area (Å²) in [5.41, 5.74) is 0. The van der Waals surface area contributed by atoms with Crippen molar-refractivity contribution in [2.24, 2.45) is 0 Å². The second-order valence-electron chi connectivity index (χ2n) is 3.40. The molecule has 0 unspecified atom stereocenters. The first kappa shape index (κ1) is 14.5. The third kappa shape index (κ3) is 4.77. The summed E-state index contributed by atoms with van der Waals surface area (Å²) in [6, 6.07) is 1.73. The van der Waals surface area contributed by atoms with Gasteiger partial charge in [-0.2, -0.15) is 5.26 Å². The van der Waals surface area contributed by atoms with Gasteiger partial charge in [-0.25, -0.2) is 8.42 Å². The molecule has 1 amide bonds.